The Hall–Kier alpha value is -0.920. The molecule has 1 aromatic carbocycles. The van der Waals surface area contributed by atoms with Crippen molar-refractivity contribution in [2.45, 2.75) is 37.5 Å². The summed E-state index contributed by atoms with van der Waals surface area (Å²) >= 11 is 3.29. The molecule has 1 heterocycles. The average molecular weight is 430 g/mol. The zero-order valence-electron chi connectivity index (χ0n) is 14.4. The van der Waals surface area contributed by atoms with Gasteiger partial charge in [0.2, 0.25) is 15.7 Å². The van der Waals surface area contributed by atoms with Crippen molar-refractivity contribution in [3.8, 4) is 0 Å². The van der Waals surface area contributed by atoms with E-state index in [1.54, 1.807) is 24.3 Å². The van der Waals surface area contributed by atoms with Gasteiger partial charge in [-0.25, -0.2) is 8.42 Å². The molecule has 138 valence electrons. The molecule has 25 heavy (non-hydrogen) atoms. The minimum atomic E-state index is -3.42. The number of likely N-dealkylation sites (tertiary alicyclic amines) is 1. The lowest BCUT2D eigenvalue weighted by atomic mass is 9.96. The molecule has 1 saturated carbocycles. The first kappa shape index (κ1) is 18.9. The van der Waals surface area contributed by atoms with Crippen molar-refractivity contribution in [2.75, 3.05) is 25.6 Å². The Bertz CT molecular complexity index is 720. The number of carbonyl (C=O) groups is 1. The fourth-order valence-corrected chi connectivity index (χ4v) is 4.39. The Morgan fingerprint density at radius 3 is 2.40 bits per heavy atom. The van der Waals surface area contributed by atoms with Gasteiger partial charge in [-0.1, -0.05) is 22.9 Å². The molecule has 1 aliphatic heterocycles. The van der Waals surface area contributed by atoms with Crippen LogP contribution >= 0.6 is 15.9 Å². The lowest BCUT2D eigenvalue weighted by molar-refractivity contribution is -0.138. The topological polar surface area (TPSA) is 63.7 Å². The van der Waals surface area contributed by atoms with Crippen LogP contribution in [-0.2, 0) is 19.4 Å². The van der Waals surface area contributed by atoms with Gasteiger partial charge in [-0.3, -0.25) is 4.79 Å². The predicted molar refractivity (Wildman–Crippen MR) is 98.8 cm³/mol. The lowest BCUT2D eigenvalue weighted by Crippen LogP contribution is -2.42. The Morgan fingerprint density at radius 1 is 1.24 bits per heavy atom. The van der Waals surface area contributed by atoms with Crippen molar-refractivity contribution in [1.82, 2.24) is 4.90 Å². The molecule has 1 aromatic rings. The summed E-state index contributed by atoms with van der Waals surface area (Å²) < 4.78 is 30.8. The minimum absolute atomic E-state index is 0.109. The van der Waals surface area contributed by atoms with Crippen molar-refractivity contribution >= 4 is 31.7 Å². The van der Waals surface area contributed by atoms with Crippen LogP contribution in [0.1, 0.15) is 32.6 Å². The van der Waals surface area contributed by atoms with Crippen LogP contribution in [0.3, 0.4) is 0 Å². The number of halogens is 1. The van der Waals surface area contributed by atoms with Crippen LogP contribution in [-0.4, -0.2) is 44.9 Å². The second-order valence-electron chi connectivity index (χ2n) is 7.35. The van der Waals surface area contributed by atoms with E-state index in [9.17, 15) is 13.2 Å². The van der Waals surface area contributed by atoms with Gasteiger partial charge in [0.25, 0.3) is 0 Å². The van der Waals surface area contributed by atoms with E-state index >= 15 is 0 Å². The van der Waals surface area contributed by atoms with E-state index in [1.807, 2.05) is 11.8 Å². The number of nitrogens with zero attached hydrogens (tertiary/aromatic N) is 1. The van der Waals surface area contributed by atoms with E-state index < -0.39 is 9.84 Å². The Balaban J connectivity index is 1.42. The maximum absolute atomic E-state index is 12.3. The van der Waals surface area contributed by atoms with E-state index in [2.05, 4.69) is 15.9 Å². The number of hydrogen-bond acceptors (Lipinski definition) is 4. The highest BCUT2D eigenvalue weighted by Crippen LogP contribution is 2.46. The molecule has 0 spiro atoms. The number of benzene rings is 1. The quantitative estimate of drug-likeness (QED) is 0.695. The van der Waals surface area contributed by atoms with E-state index in [-0.39, 0.29) is 22.2 Å². The fourth-order valence-electron chi connectivity index (χ4n) is 3.12. The second kappa shape index (κ2) is 7.37. The summed E-state index contributed by atoms with van der Waals surface area (Å²) in [5, 5.41) is 0. The molecule has 1 aliphatic carbocycles. The first-order chi connectivity index (χ1) is 11.8. The van der Waals surface area contributed by atoms with E-state index in [4.69, 9.17) is 4.74 Å². The Morgan fingerprint density at radius 2 is 1.84 bits per heavy atom. The highest BCUT2D eigenvalue weighted by molar-refractivity contribution is 9.10. The van der Waals surface area contributed by atoms with Crippen LogP contribution in [0.25, 0.3) is 0 Å². The van der Waals surface area contributed by atoms with E-state index in [1.165, 1.54) is 0 Å². The molecule has 0 N–H and O–H groups in total. The number of piperidine rings is 1. The molecule has 5 nitrogen and oxygen atoms in total. The predicted octanol–water partition coefficient (Wildman–Crippen LogP) is 3.24. The molecule has 0 radical (unpaired) electrons. The van der Waals surface area contributed by atoms with Gasteiger partial charge in [0.15, 0.2) is 5.94 Å². The SMILES string of the molecule is CC1(C(=O)N2CCC(COCS(=O)(=O)c3ccc(Br)cc3)CC2)CC1. The molecule has 2 aliphatic rings. The van der Waals surface area contributed by atoms with Gasteiger partial charge in [-0.05, 0) is 55.9 Å². The number of sulfone groups is 1. The highest BCUT2D eigenvalue weighted by Gasteiger charge is 2.47. The number of ether oxygens (including phenoxy) is 1. The summed E-state index contributed by atoms with van der Waals surface area (Å²) in [6.45, 7) is 3.97. The van der Waals surface area contributed by atoms with Gasteiger partial charge in [-0.2, -0.15) is 0 Å². The fraction of sp³-hybridized carbons (Fsp3) is 0.611. The second-order valence-corrected chi connectivity index (χ2v) is 10.2. The molecule has 0 unspecified atom stereocenters. The normalized spacial score (nSPS) is 20.5. The first-order valence-electron chi connectivity index (χ1n) is 8.66. The third-order valence-electron chi connectivity index (χ3n) is 5.18. The molecular formula is C18H24BrNO4S. The standard InChI is InChI=1S/C18H24BrNO4S/c1-18(8-9-18)17(21)20-10-6-14(7-11-20)12-24-13-25(22,23)16-4-2-15(19)3-5-16/h2-5,14H,6-13H2,1H3. The van der Waals surface area contributed by atoms with Crippen LogP contribution < -0.4 is 0 Å². The maximum atomic E-state index is 12.3. The summed E-state index contributed by atoms with van der Waals surface area (Å²) in [7, 11) is -3.42. The molecule has 1 saturated heterocycles. The largest absolute Gasteiger partial charge is 0.365 e. The molecule has 0 atom stereocenters. The van der Waals surface area contributed by atoms with Gasteiger partial charge < -0.3 is 9.64 Å². The van der Waals surface area contributed by atoms with Crippen LogP contribution in [0.4, 0.5) is 0 Å². The van der Waals surface area contributed by atoms with Gasteiger partial charge in [0, 0.05) is 23.0 Å². The van der Waals surface area contributed by atoms with E-state index in [0.29, 0.717) is 12.5 Å². The summed E-state index contributed by atoms with van der Waals surface area (Å²) in [6.07, 6.45) is 3.76. The molecular weight excluding hydrogens is 406 g/mol. The lowest BCUT2D eigenvalue weighted by Gasteiger charge is -2.33. The zero-order valence-corrected chi connectivity index (χ0v) is 16.8. The monoisotopic (exact) mass is 429 g/mol. The van der Waals surface area contributed by atoms with Gasteiger partial charge >= 0.3 is 0 Å². The minimum Gasteiger partial charge on any atom is -0.365 e. The third kappa shape index (κ3) is 4.63. The number of rotatable bonds is 6. The van der Waals surface area contributed by atoms with Crippen LogP contribution in [0.15, 0.2) is 33.6 Å². The van der Waals surface area contributed by atoms with Crippen molar-refractivity contribution in [1.29, 1.82) is 0 Å². The summed E-state index contributed by atoms with van der Waals surface area (Å²) in [4.78, 5) is 14.6. The van der Waals surface area contributed by atoms with Crippen LogP contribution in [0.2, 0.25) is 0 Å². The van der Waals surface area contributed by atoms with Crippen molar-refractivity contribution in [3.05, 3.63) is 28.7 Å². The number of amides is 1. The Labute approximate surface area is 157 Å². The van der Waals surface area contributed by atoms with Gasteiger partial charge in [0.05, 0.1) is 11.5 Å². The summed E-state index contributed by atoms with van der Waals surface area (Å²) in [5.74, 6) is 0.298. The molecule has 0 aromatic heterocycles. The van der Waals surface area contributed by atoms with Crippen molar-refractivity contribution in [2.24, 2.45) is 11.3 Å². The first-order valence-corrected chi connectivity index (χ1v) is 11.1. The summed E-state index contributed by atoms with van der Waals surface area (Å²) in [6, 6.07) is 6.57. The van der Waals surface area contributed by atoms with E-state index in [0.717, 1.165) is 43.2 Å². The average Bonchev–Trinajstić information content (AvgIpc) is 3.34. The van der Waals surface area contributed by atoms with Crippen LogP contribution in [0.5, 0.6) is 0 Å². The van der Waals surface area contributed by atoms with Crippen molar-refractivity contribution in [3.63, 3.8) is 0 Å². The van der Waals surface area contributed by atoms with Crippen LogP contribution in [0, 0.1) is 11.3 Å². The number of carbonyl (C=O) groups excluding carboxylic acids is 1. The smallest absolute Gasteiger partial charge is 0.228 e. The molecule has 7 heteroatoms. The number of hydrogen-bond donors (Lipinski definition) is 0. The molecule has 3 rings (SSSR count). The third-order valence-corrected chi connectivity index (χ3v) is 7.18. The molecule has 0 bridgehead atoms. The van der Waals surface area contributed by atoms with Gasteiger partial charge in [-0.15, -0.1) is 0 Å². The molecule has 1 amide bonds. The van der Waals surface area contributed by atoms with Gasteiger partial charge in [0.1, 0.15) is 0 Å². The highest BCUT2D eigenvalue weighted by atomic mass is 79.9. The maximum Gasteiger partial charge on any atom is 0.228 e. The molecule has 2 fully saturated rings. The van der Waals surface area contributed by atoms with Crippen molar-refractivity contribution < 1.29 is 17.9 Å². The summed E-state index contributed by atoms with van der Waals surface area (Å²) in [5.41, 5.74) is -0.109. The zero-order chi connectivity index (χ0) is 18.1. The Kier molecular flexibility index (Phi) is 5.56.